The fourth-order valence-electron chi connectivity index (χ4n) is 2.84. The number of rotatable bonds is 3. The topological polar surface area (TPSA) is 53.6 Å². The second-order valence-corrected chi connectivity index (χ2v) is 5.28. The van der Waals surface area contributed by atoms with Gasteiger partial charge in [-0.15, -0.1) is 0 Å². The average Bonchev–Trinajstić information content (AvgIpc) is 2.62. The molecule has 18 heavy (non-hydrogen) atoms. The van der Waals surface area contributed by atoms with Gasteiger partial charge < -0.3 is 5.32 Å². The molecule has 2 unspecified atom stereocenters. The molecule has 98 valence electrons. The fraction of sp³-hybridized carbons (Fsp3) is 0.714. The molecule has 0 amide bonds. The minimum absolute atomic E-state index is 0.177. The molecular formula is C14H22N4. The monoisotopic (exact) mass is 246 g/mol. The zero-order valence-electron chi connectivity index (χ0n) is 11.5. The molecule has 1 fully saturated rings. The van der Waals surface area contributed by atoms with Crippen molar-refractivity contribution < 1.29 is 0 Å². The van der Waals surface area contributed by atoms with E-state index >= 15 is 0 Å². The highest BCUT2D eigenvalue weighted by Gasteiger charge is 2.24. The largest absolute Gasteiger partial charge is 0.308 e. The molecule has 0 aliphatic heterocycles. The highest BCUT2D eigenvalue weighted by atomic mass is 15.3. The molecule has 1 aliphatic carbocycles. The molecule has 2 rings (SSSR count). The number of aryl methyl sites for hydroxylation is 2. The normalized spacial score (nSPS) is 23.9. The quantitative estimate of drug-likeness (QED) is 0.889. The van der Waals surface area contributed by atoms with Gasteiger partial charge in [-0.3, -0.25) is 4.68 Å². The lowest BCUT2D eigenvalue weighted by atomic mass is 9.85. The first kappa shape index (κ1) is 13.1. The van der Waals surface area contributed by atoms with Gasteiger partial charge in [-0.05, 0) is 26.7 Å². The van der Waals surface area contributed by atoms with Crippen LogP contribution in [0.3, 0.4) is 0 Å². The molecular weight excluding hydrogens is 224 g/mol. The van der Waals surface area contributed by atoms with E-state index in [0.29, 0.717) is 6.04 Å². The number of hydrogen-bond donors (Lipinski definition) is 1. The lowest BCUT2D eigenvalue weighted by molar-refractivity contribution is 0.311. The van der Waals surface area contributed by atoms with Gasteiger partial charge in [-0.2, -0.15) is 10.4 Å². The number of nitriles is 1. The second-order valence-electron chi connectivity index (χ2n) is 5.28. The van der Waals surface area contributed by atoms with E-state index in [9.17, 15) is 0 Å². The first-order chi connectivity index (χ1) is 8.63. The Morgan fingerprint density at radius 3 is 2.72 bits per heavy atom. The van der Waals surface area contributed by atoms with Crippen LogP contribution in [0.4, 0.5) is 0 Å². The SMILES string of the molecule is Cc1nn(C)c(C)c1CNC1CCCCC1C#N. The Hall–Kier alpha value is -1.34. The molecule has 1 aromatic rings. The predicted octanol–water partition coefficient (Wildman–Crippen LogP) is 2.21. The third-order valence-corrected chi connectivity index (χ3v) is 4.13. The van der Waals surface area contributed by atoms with Crippen LogP contribution in [-0.2, 0) is 13.6 Å². The number of nitrogens with zero attached hydrogens (tertiary/aromatic N) is 3. The lowest BCUT2D eigenvalue weighted by Crippen LogP contribution is -2.37. The van der Waals surface area contributed by atoms with Crippen LogP contribution in [0.1, 0.15) is 42.6 Å². The van der Waals surface area contributed by atoms with Crippen molar-refractivity contribution in [3.05, 3.63) is 17.0 Å². The lowest BCUT2D eigenvalue weighted by Gasteiger charge is -2.27. The van der Waals surface area contributed by atoms with Crippen molar-refractivity contribution in [1.82, 2.24) is 15.1 Å². The molecule has 1 aliphatic rings. The van der Waals surface area contributed by atoms with Gasteiger partial charge in [0.05, 0.1) is 17.7 Å². The molecule has 0 saturated heterocycles. The summed E-state index contributed by atoms with van der Waals surface area (Å²) in [5, 5.41) is 17.1. The molecule has 0 spiro atoms. The van der Waals surface area contributed by atoms with E-state index in [1.165, 1.54) is 24.1 Å². The van der Waals surface area contributed by atoms with E-state index in [-0.39, 0.29) is 5.92 Å². The van der Waals surface area contributed by atoms with Crippen molar-refractivity contribution in [2.75, 3.05) is 0 Å². The summed E-state index contributed by atoms with van der Waals surface area (Å²) in [5.41, 5.74) is 3.58. The minimum atomic E-state index is 0.177. The van der Waals surface area contributed by atoms with E-state index in [2.05, 4.69) is 23.4 Å². The molecule has 4 nitrogen and oxygen atoms in total. The van der Waals surface area contributed by atoms with Crippen molar-refractivity contribution in [3.8, 4) is 6.07 Å². The molecule has 0 aromatic carbocycles. The Bertz CT molecular complexity index is 455. The summed E-state index contributed by atoms with van der Waals surface area (Å²) in [4.78, 5) is 0. The molecule has 0 bridgehead atoms. The Kier molecular flexibility index (Phi) is 4.03. The van der Waals surface area contributed by atoms with Crippen molar-refractivity contribution in [2.24, 2.45) is 13.0 Å². The first-order valence-corrected chi connectivity index (χ1v) is 6.75. The highest BCUT2D eigenvalue weighted by molar-refractivity contribution is 5.24. The van der Waals surface area contributed by atoms with Crippen LogP contribution in [0.15, 0.2) is 0 Å². The smallest absolute Gasteiger partial charge is 0.0672 e. The van der Waals surface area contributed by atoms with Gasteiger partial charge in [-0.25, -0.2) is 0 Å². The van der Waals surface area contributed by atoms with E-state index < -0.39 is 0 Å². The van der Waals surface area contributed by atoms with Crippen LogP contribution in [0.5, 0.6) is 0 Å². The Morgan fingerprint density at radius 1 is 1.39 bits per heavy atom. The van der Waals surface area contributed by atoms with Gasteiger partial charge in [0.25, 0.3) is 0 Å². The fourth-order valence-corrected chi connectivity index (χ4v) is 2.84. The zero-order valence-corrected chi connectivity index (χ0v) is 11.5. The van der Waals surface area contributed by atoms with Crippen LogP contribution in [-0.4, -0.2) is 15.8 Å². The van der Waals surface area contributed by atoms with Gasteiger partial charge in [0, 0.05) is 30.9 Å². The van der Waals surface area contributed by atoms with Crippen molar-refractivity contribution in [1.29, 1.82) is 5.26 Å². The van der Waals surface area contributed by atoms with Crippen LogP contribution in [0.2, 0.25) is 0 Å². The second kappa shape index (κ2) is 5.53. The maximum atomic E-state index is 9.17. The number of hydrogen-bond acceptors (Lipinski definition) is 3. The Balaban J connectivity index is 2.00. The summed E-state index contributed by atoms with van der Waals surface area (Å²) in [6.45, 7) is 4.97. The van der Waals surface area contributed by atoms with E-state index in [1.807, 2.05) is 18.7 Å². The minimum Gasteiger partial charge on any atom is -0.308 e. The summed E-state index contributed by atoms with van der Waals surface area (Å²) in [5.74, 6) is 0.177. The van der Waals surface area contributed by atoms with Crippen molar-refractivity contribution in [2.45, 2.75) is 52.1 Å². The number of aromatic nitrogens is 2. The summed E-state index contributed by atoms with van der Waals surface area (Å²) < 4.78 is 1.93. The molecule has 4 heteroatoms. The van der Waals surface area contributed by atoms with Gasteiger partial charge >= 0.3 is 0 Å². The van der Waals surface area contributed by atoms with Gasteiger partial charge in [-0.1, -0.05) is 12.8 Å². The standard InChI is InChI=1S/C14H22N4/c1-10-13(11(2)18(3)17-10)9-16-14-7-5-4-6-12(14)8-15/h12,14,16H,4-7,9H2,1-3H3. The maximum Gasteiger partial charge on any atom is 0.0672 e. The van der Waals surface area contributed by atoms with Crippen LogP contribution >= 0.6 is 0 Å². The van der Waals surface area contributed by atoms with Crippen molar-refractivity contribution >= 4 is 0 Å². The summed E-state index contributed by atoms with van der Waals surface area (Å²) in [6.07, 6.45) is 4.60. The zero-order chi connectivity index (χ0) is 13.1. The third kappa shape index (κ3) is 2.56. The van der Waals surface area contributed by atoms with E-state index in [1.54, 1.807) is 0 Å². The molecule has 1 aromatic heterocycles. The Labute approximate surface area is 109 Å². The highest BCUT2D eigenvalue weighted by Crippen LogP contribution is 2.24. The van der Waals surface area contributed by atoms with Crippen molar-refractivity contribution in [3.63, 3.8) is 0 Å². The maximum absolute atomic E-state index is 9.17. The van der Waals surface area contributed by atoms with E-state index in [4.69, 9.17) is 5.26 Å². The average molecular weight is 246 g/mol. The number of nitrogens with one attached hydrogen (secondary N) is 1. The molecule has 1 saturated carbocycles. The van der Waals surface area contributed by atoms with Gasteiger partial charge in [0.15, 0.2) is 0 Å². The van der Waals surface area contributed by atoms with E-state index in [0.717, 1.165) is 25.1 Å². The predicted molar refractivity (Wildman–Crippen MR) is 70.9 cm³/mol. The van der Waals surface area contributed by atoms with Gasteiger partial charge in [0.2, 0.25) is 0 Å². The van der Waals surface area contributed by atoms with Crippen LogP contribution < -0.4 is 5.32 Å². The summed E-state index contributed by atoms with van der Waals surface area (Å²) in [6, 6.07) is 2.79. The van der Waals surface area contributed by atoms with Gasteiger partial charge in [0.1, 0.15) is 0 Å². The Morgan fingerprint density at radius 2 is 2.11 bits per heavy atom. The van der Waals surface area contributed by atoms with Crippen LogP contribution in [0.25, 0.3) is 0 Å². The van der Waals surface area contributed by atoms with Crippen LogP contribution in [0, 0.1) is 31.1 Å². The summed E-state index contributed by atoms with van der Waals surface area (Å²) >= 11 is 0. The molecule has 1 heterocycles. The molecule has 2 atom stereocenters. The molecule has 0 radical (unpaired) electrons. The first-order valence-electron chi connectivity index (χ1n) is 6.75. The molecule has 1 N–H and O–H groups in total. The third-order valence-electron chi connectivity index (χ3n) is 4.13. The summed E-state index contributed by atoms with van der Waals surface area (Å²) in [7, 11) is 1.98.